The molecule has 8 nitrogen and oxygen atoms in total. The summed E-state index contributed by atoms with van der Waals surface area (Å²) in [6, 6.07) is 15.6. The second-order valence-electron chi connectivity index (χ2n) is 8.02. The number of amides is 1. The number of carbonyl (C=O) groups is 1. The van der Waals surface area contributed by atoms with Gasteiger partial charge in [0, 0.05) is 37.3 Å². The fraction of sp³-hybridized carbons (Fsp3) is 0.304. The van der Waals surface area contributed by atoms with Crippen molar-refractivity contribution in [3.8, 4) is 11.4 Å². The molecule has 0 unspecified atom stereocenters. The Kier molecular flexibility index (Phi) is 4.89. The highest BCUT2D eigenvalue weighted by Gasteiger charge is 2.23. The molecule has 158 valence electrons. The van der Waals surface area contributed by atoms with Crippen LogP contribution in [0.25, 0.3) is 27.9 Å². The van der Waals surface area contributed by atoms with E-state index in [9.17, 15) is 4.79 Å². The van der Waals surface area contributed by atoms with Gasteiger partial charge in [0.1, 0.15) is 6.04 Å². The van der Waals surface area contributed by atoms with Gasteiger partial charge in [-0.3, -0.25) is 4.79 Å². The molecule has 2 aromatic heterocycles. The fourth-order valence-corrected chi connectivity index (χ4v) is 4.05. The molecule has 2 N–H and O–H groups in total. The van der Waals surface area contributed by atoms with Gasteiger partial charge in [-0.15, -0.1) is 5.10 Å². The molecule has 0 saturated carbocycles. The van der Waals surface area contributed by atoms with Crippen LogP contribution in [0.15, 0.2) is 48.5 Å². The second kappa shape index (κ2) is 7.86. The highest BCUT2D eigenvalue weighted by Crippen LogP contribution is 2.30. The van der Waals surface area contributed by atoms with Crippen LogP contribution in [-0.4, -0.2) is 52.2 Å². The molecule has 1 amide bonds. The molecule has 0 radical (unpaired) electrons. The van der Waals surface area contributed by atoms with E-state index in [1.54, 1.807) is 4.52 Å². The normalized spacial score (nSPS) is 16.8. The number of carbonyl (C=O) groups excluding carboxylic acids is 1. The van der Waals surface area contributed by atoms with E-state index in [0.717, 1.165) is 41.4 Å². The average Bonchev–Trinajstić information content (AvgIpc) is 3.14. The number of hydrogen-bond donors (Lipinski definition) is 2. The van der Waals surface area contributed by atoms with Crippen molar-refractivity contribution < 1.29 is 4.79 Å². The Balaban J connectivity index is 1.68. The van der Waals surface area contributed by atoms with E-state index in [0.29, 0.717) is 24.0 Å². The van der Waals surface area contributed by atoms with Gasteiger partial charge in [-0.05, 0) is 43.5 Å². The van der Waals surface area contributed by atoms with Crippen molar-refractivity contribution in [2.75, 3.05) is 30.9 Å². The first-order chi connectivity index (χ1) is 15.1. The van der Waals surface area contributed by atoms with Crippen LogP contribution < -0.4 is 15.5 Å². The lowest BCUT2D eigenvalue weighted by Crippen LogP contribution is -2.38. The Bertz CT molecular complexity index is 1260. The summed E-state index contributed by atoms with van der Waals surface area (Å²) in [4.78, 5) is 24.2. The SMILES string of the molecule is CN(C)c1ccccc1-c1nc2c3ccccc3nc(N[C@@H]3CCCCNC3=O)n2n1. The summed E-state index contributed by atoms with van der Waals surface area (Å²) in [5.74, 6) is 1.14. The maximum atomic E-state index is 12.5. The molecule has 8 heteroatoms. The minimum atomic E-state index is -0.346. The van der Waals surface area contributed by atoms with Crippen molar-refractivity contribution in [2.45, 2.75) is 25.3 Å². The van der Waals surface area contributed by atoms with Crippen LogP contribution in [0.5, 0.6) is 0 Å². The van der Waals surface area contributed by atoms with Gasteiger partial charge in [-0.1, -0.05) is 24.3 Å². The lowest BCUT2D eigenvalue weighted by Gasteiger charge is -2.16. The lowest BCUT2D eigenvalue weighted by atomic mass is 10.1. The van der Waals surface area contributed by atoms with Gasteiger partial charge >= 0.3 is 0 Å². The summed E-state index contributed by atoms with van der Waals surface area (Å²) in [6.45, 7) is 0.715. The van der Waals surface area contributed by atoms with E-state index in [1.165, 1.54) is 0 Å². The maximum Gasteiger partial charge on any atom is 0.242 e. The predicted octanol–water partition coefficient (Wildman–Crippen LogP) is 3.09. The standard InChI is InChI=1S/C23H25N7O/c1-29(2)19-13-6-4-10-16(19)20-27-21-15-9-3-5-11-17(15)25-23(30(21)28-20)26-18-12-7-8-14-24-22(18)31/h3-6,9-11,13,18H,7-8,12,14H2,1-2H3,(H,24,31)(H,25,26)/t18-/m1/s1. The monoisotopic (exact) mass is 415 g/mol. The zero-order valence-electron chi connectivity index (χ0n) is 17.7. The molecule has 3 heterocycles. The fourth-order valence-electron chi connectivity index (χ4n) is 4.05. The van der Waals surface area contributed by atoms with Crippen molar-refractivity contribution in [1.29, 1.82) is 0 Å². The largest absolute Gasteiger partial charge is 0.377 e. The van der Waals surface area contributed by atoms with Crippen molar-refractivity contribution in [2.24, 2.45) is 0 Å². The zero-order chi connectivity index (χ0) is 21.4. The van der Waals surface area contributed by atoms with E-state index in [4.69, 9.17) is 15.1 Å². The smallest absolute Gasteiger partial charge is 0.242 e. The third kappa shape index (κ3) is 3.54. The summed E-state index contributed by atoms with van der Waals surface area (Å²) in [7, 11) is 4.01. The highest BCUT2D eigenvalue weighted by atomic mass is 16.2. The summed E-state index contributed by atoms with van der Waals surface area (Å²) in [5.41, 5.74) is 3.50. The molecule has 1 aliphatic rings. The van der Waals surface area contributed by atoms with Gasteiger partial charge in [0.15, 0.2) is 11.5 Å². The van der Waals surface area contributed by atoms with E-state index in [1.807, 2.05) is 67.5 Å². The molecule has 2 aromatic carbocycles. The number of hydrogen-bond acceptors (Lipinski definition) is 6. The van der Waals surface area contributed by atoms with Gasteiger partial charge in [0.25, 0.3) is 0 Å². The third-order valence-corrected chi connectivity index (χ3v) is 5.64. The summed E-state index contributed by atoms with van der Waals surface area (Å²) >= 11 is 0. The summed E-state index contributed by atoms with van der Waals surface area (Å²) < 4.78 is 1.72. The van der Waals surface area contributed by atoms with Crippen LogP contribution in [0.3, 0.4) is 0 Å². The summed E-state index contributed by atoms with van der Waals surface area (Å²) in [5, 5.41) is 12.0. The Morgan fingerprint density at radius 2 is 1.87 bits per heavy atom. The first-order valence-corrected chi connectivity index (χ1v) is 10.6. The molecule has 0 spiro atoms. The van der Waals surface area contributed by atoms with E-state index in [2.05, 4.69) is 10.6 Å². The second-order valence-corrected chi connectivity index (χ2v) is 8.02. The van der Waals surface area contributed by atoms with Crippen molar-refractivity contribution in [3.05, 3.63) is 48.5 Å². The van der Waals surface area contributed by atoms with Crippen LogP contribution in [0.4, 0.5) is 11.6 Å². The van der Waals surface area contributed by atoms with Crippen LogP contribution in [-0.2, 0) is 4.79 Å². The van der Waals surface area contributed by atoms with Gasteiger partial charge in [-0.2, -0.15) is 4.52 Å². The van der Waals surface area contributed by atoms with Gasteiger partial charge in [0.2, 0.25) is 11.9 Å². The van der Waals surface area contributed by atoms with Crippen molar-refractivity contribution in [1.82, 2.24) is 24.9 Å². The molecule has 1 fully saturated rings. The molecule has 0 aliphatic carbocycles. The number of nitrogens with one attached hydrogen (secondary N) is 2. The highest BCUT2D eigenvalue weighted by molar-refractivity contribution is 5.93. The quantitative estimate of drug-likeness (QED) is 0.533. The summed E-state index contributed by atoms with van der Waals surface area (Å²) in [6.07, 6.45) is 2.72. The predicted molar refractivity (Wildman–Crippen MR) is 122 cm³/mol. The number of anilines is 2. The van der Waals surface area contributed by atoms with Crippen molar-refractivity contribution in [3.63, 3.8) is 0 Å². The van der Waals surface area contributed by atoms with Crippen LogP contribution in [0.2, 0.25) is 0 Å². The molecular weight excluding hydrogens is 390 g/mol. The Morgan fingerprint density at radius 3 is 2.74 bits per heavy atom. The van der Waals surface area contributed by atoms with Gasteiger partial charge < -0.3 is 15.5 Å². The Morgan fingerprint density at radius 1 is 1.06 bits per heavy atom. The number of para-hydroxylation sites is 2. The molecule has 31 heavy (non-hydrogen) atoms. The van der Waals surface area contributed by atoms with Crippen molar-refractivity contribution >= 4 is 34.1 Å². The third-order valence-electron chi connectivity index (χ3n) is 5.64. The molecule has 1 saturated heterocycles. The molecular formula is C23H25N7O. The van der Waals surface area contributed by atoms with Gasteiger partial charge in [0.05, 0.1) is 5.52 Å². The number of nitrogens with zero attached hydrogens (tertiary/aromatic N) is 5. The van der Waals surface area contributed by atoms with Crippen LogP contribution in [0, 0.1) is 0 Å². The molecule has 5 rings (SSSR count). The zero-order valence-corrected chi connectivity index (χ0v) is 17.7. The minimum absolute atomic E-state index is 0.00102. The Hall–Kier alpha value is -3.68. The van der Waals surface area contributed by atoms with Crippen LogP contribution >= 0.6 is 0 Å². The number of rotatable bonds is 4. The first kappa shape index (κ1) is 19.3. The average molecular weight is 416 g/mol. The minimum Gasteiger partial charge on any atom is -0.377 e. The molecule has 4 aromatic rings. The van der Waals surface area contributed by atoms with E-state index in [-0.39, 0.29) is 11.9 Å². The first-order valence-electron chi connectivity index (χ1n) is 10.6. The molecule has 1 aliphatic heterocycles. The van der Waals surface area contributed by atoms with E-state index < -0.39 is 0 Å². The van der Waals surface area contributed by atoms with Gasteiger partial charge in [-0.25, -0.2) is 9.97 Å². The lowest BCUT2D eigenvalue weighted by molar-refractivity contribution is -0.121. The number of fused-ring (bicyclic) bond motifs is 3. The number of benzene rings is 2. The topological polar surface area (TPSA) is 87.5 Å². The Labute approximate surface area is 180 Å². The molecule has 1 atom stereocenters. The molecule has 0 bridgehead atoms. The number of aromatic nitrogens is 4. The maximum absolute atomic E-state index is 12.5. The van der Waals surface area contributed by atoms with Crippen LogP contribution in [0.1, 0.15) is 19.3 Å². The van der Waals surface area contributed by atoms with E-state index >= 15 is 0 Å².